The van der Waals surface area contributed by atoms with Crippen molar-refractivity contribution < 1.29 is 44.1 Å². The summed E-state index contributed by atoms with van der Waals surface area (Å²) in [6.07, 6.45) is -9.62. The van der Waals surface area contributed by atoms with E-state index in [0.29, 0.717) is 0 Å². The molecule has 3 aliphatic rings. The molecule has 206 valence electrons. The molecule has 2 heterocycles. The smallest absolute Gasteiger partial charge is 0.186 e. The molecule has 3 fully saturated rings. The summed E-state index contributed by atoms with van der Waals surface area (Å²) in [4.78, 5) is 0. The molecule has 15 heteroatoms. The van der Waals surface area contributed by atoms with Gasteiger partial charge in [0.25, 0.3) is 0 Å². The lowest BCUT2D eigenvalue weighted by Gasteiger charge is -2.49. The number of aliphatic hydroxyl groups excluding tert-OH is 4. The molecule has 0 aromatic carbocycles. The van der Waals surface area contributed by atoms with Crippen LogP contribution in [0.5, 0.6) is 0 Å². The molecule has 0 bridgehead atoms. The Bertz CT molecular complexity index is 654. The largest absolute Gasteiger partial charge is 0.394 e. The van der Waals surface area contributed by atoms with Gasteiger partial charge in [0, 0.05) is 25.2 Å². The van der Waals surface area contributed by atoms with Gasteiger partial charge < -0.3 is 78.5 Å². The molecule has 2 aliphatic heterocycles. The van der Waals surface area contributed by atoms with E-state index in [-0.39, 0.29) is 32.5 Å². The molecule has 2 saturated heterocycles. The van der Waals surface area contributed by atoms with Gasteiger partial charge in [-0.05, 0) is 12.8 Å². The van der Waals surface area contributed by atoms with Crippen molar-refractivity contribution in [3.63, 3.8) is 0 Å². The Balaban J connectivity index is 1.80. The number of hydrogen-bond donors (Lipinski definition) is 10. The van der Waals surface area contributed by atoms with Crippen LogP contribution in [-0.4, -0.2) is 132 Å². The SMILES string of the molecule is NCCO[C@@H]1[C@@H](O[C@H]2O[C@H](CO)[C@@H](O)[C@H](N)[C@H]2O)[C@H](N)C[C@H](N)[C@H]1O[C@H]1O[C@H](CN)[C@@H](O)C[C@H]1N. The van der Waals surface area contributed by atoms with Crippen molar-refractivity contribution in [3.05, 3.63) is 0 Å². The molecule has 0 unspecified atom stereocenters. The Morgan fingerprint density at radius 1 is 0.743 bits per heavy atom. The Hall–Kier alpha value is -0.600. The van der Waals surface area contributed by atoms with E-state index in [1.165, 1.54) is 0 Å². The van der Waals surface area contributed by atoms with Gasteiger partial charge in [-0.3, -0.25) is 0 Å². The monoisotopic (exact) mass is 510 g/mol. The van der Waals surface area contributed by atoms with Gasteiger partial charge in [0.05, 0.1) is 37.5 Å². The highest BCUT2D eigenvalue weighted by Gasteiger charge is 2.51. The van der Waals surface area contributed by atoms with Crippen LogP contribution >= 0.6 is 0 Å². The van der Waals surface area contributed by atoms with Crippen LogP contribution in [0.1, 0.15) is 12.8 Å². The van der Waals surface area contributed by atoms with Crippen molar-refractivity contribution in [3.8, 4) is 0 Å². The topological polar surface area (TPSA) is 283 Å². The standard InChI is InChI=1S/C20H42N6O9/c21-1-2-31-18-16(34-19-9(25)4-10(28)11(5-22)32-19)7(23)3-8(24)17(18)35-20-15(30)13(26)14(29)12(6-27)33-20/h7-20,27-30H,1-6,21-26H2/t7-,8+,9+,10-,11+,12+,13-,14+,15+,16+,17-,18-,19+,20+/m0/s1. The van der Waals surface area contributed by atoms with Gasteiger partial charge in [0.1, 0.15) is 36.6 Å². The maximum absolute atomic E-state index is 10.5. The second kappa shape index (κ2) is 12.8. The molecule has 3 rings (SSSR count). The molecular weight excluding hydrogens is 468 g/mol. The van der Waals surface area contributed by atoms with E-state index in [1.54, 1.807) is 0 Å². The second-order valence-electron chi connectivity index (χ2n) is 9.42. The summed E-state index contributed by atoms with van der Waals surface area (Å²) < 4.78 is 29.5. The number of nitrogens with two attached hydrogens (primary N) is 6. The number of hydrogen-bond acceptors (Lipinski definition) is 15. The van der Waals surface area contributed by atoms with Crippen LogP contribution < -0.4 is 34.4 Å². The second-order valence-corrected chi connectivity index (χ2v) is 9.42. The molecule has 1 saturated carbocycles. The zero-order valence-electron chi connectivity index (χ0n) is 19.6. The lowest BCUT2D eigenvalue weighted by Crippen LogP contribution is -2.68. The van der Waals surface area contributed by atoms with E-state index in [0.717, 1.165) is 0 Å². The van der Waals surface area contributed by atoms with Crippen molar-refractivity contribution in [2.24, 2.45) is 34.4 Å². The fraction of sp³-hybridized carbons (Fsp3) is 1.00. The molecule has 0 amide bonds. The predicted octanol–water partition coefficient (Wildman–Crippen LogP) is -6.31. The van der Waals surface area contributed by atoms with Crippen LogP contribution in [0, 0.1) is 0 Å². The Labute approximate surface area is 203 Å². The minimum Gasteiger partial charge on any atom is -0.394 e. The lowest BCUT2D eigenvalue weighted by molar-refractivity contribution is -0.318. The zero-order chi connectivity index (χ0) is 25.9. The van der Waals surface area contributed by atoms with E-state index >= 15 is 0 Å². The van der Waals surface area contributed by atoms with Gasteiger partial charge in [-0.1, -0.05) is 0 Å². The van der Waals surface area contributed by atoms with Crippen LogP contribution in [0.3, 0.4) is 0 Å². The van der Waals surface area contributed by atoms with Gasteiger partial charge in [-0.25, -0.2) is 0 Å². The maximum atomic E-state index is 10.5. The molecule has 0 spiro atoms. The average Bonchev–Trinajstić information content (AvgIpc) is 2.82. The highest BCUT2D eigenvalue weighted by Crippen LogP contribution is 2.32. The molecule has 16 N–H and O–H groups in total. The summed E-state index contributed by atoms with van der Waals surface area (Å²) in [7, 11) is 0. The molecular formula is C20H42N6O9. The highest BCUT2D eigenvalue weighted by atomic mass is 16.7. The van der Waals surface area contributed by atoms with Crippen LogP contribution in [-0.2, 0) is 23.7 Å². The number of rotatable bonds is 9. The summed E-state index contributed by atoms with van der Waals surface area (Å²) in [5.41, 5.74) is 36.2. The average molecular weight is 511 g/mol. The third-order valence-corrected chi connectivity index (χ3v) is 6.82. The van der Waals surface area contributed by atoms with Crippen molar-refractivity contribution in [2.75, 3.05) is 26.3 Å². The first-order chi connectivity index (χ1) is 16.6. The number of aliphatic hydroxyl groups is 4. The molecule has 0 aromatic rings. The summed E-state index contributed by atoms with van der Waals surface area (Å²) in [5, 5.41) is 40.3. The van der Waals surface area contributed by atoms with E-state index < -0.39 is 92.2 Å². The van der Waals surface area contributed by atoms with E-state index in [9.17, 15) is 20.4 Å². The fourth-order valence-electron chi connectivity index (χ4n) is 4.80. The maximum Gasteiger partial charge on any atom is 0.186 e. The fourth-order valence-corrected chi connectivity index (χ4v) is 4.80. The van der Waals surface area contributed by atoms with Crippen LogP contribution in [0.25, 0.3) is 0 Å². The first-order valence-electron chi connectivity index (χ1n) is 11.9. The Morgan fingerprint density at radius 2 is 1.34 bits per heavy atom. The third kappa shape index (κ3) is 6.46. The molecule has 14 atom stereocenters. The molecule has 0 radical (unpaired) electrons. The summed E-state index contributed by atoms with van der Waals surface area (Å²) in [6.45, 7) is -0.152. The van der Waals surface area contributed by atoms with Crippen molar-refractivity contribution in [1.82, 2.24) is 0 Å². The first-order valence-corrected chi connectivity index (χ1v) is 11.9. The summed E-state index contributed by atoms with van der Waals surface area (Å²) in [6, 6.07) is -3.04. The minimum absolute atomic E-state index is 0.0726. The van der Waals surface area contributed by atoms with Gasteiger partial charge in [-0.2, -0.15) is 0 Å². The van der Waals surface area contributed by atoms with Crippen LogP contribution in [0.4, 0.5) is 0 Å². The lowest BCUT2D eigenvalue weighted by atomic mass is 9.84. The van der Waals surface area contributed by atoms with Crippen molar-refractivity contribution in [2.45, 2.75) is 98.4 Å². The molecule has 35 heavy (non-hydrogen) atoms. The van der Waals surface area contributed by atoms with E-state index in [4.69, 9.17) is 58.1 Å². The van der Waals surface area contributed by atoms with E-state index in [2.05, 4.69) is 0 Å². The van der Waals surface area contributed by atoms with Gasteiger partial charge >= 0.3 is 0 Å². The number of ether oxygens (including phenoxy) is 5. The normalized spacial score (nSPS) is 49.2. The first kappa shape index (κ1) is 29.0. The summed E-state index contributed by atoms with van der Waals surface area (Å²) in [5.74, 6) is 0. The van der Waals surface area contributed by atoms with Crippen molar-refractivity contribution >= 4 is 0 Å². The zero-order valence-corrected chi connectivity index (χ0v) is 19.6. The van der Waals surface area contributed by atoms with E-state index in [1.807, 2.05) is 0 Å². The van der Waals surface area contributed by atoms with Gasteiger partial charge in [-0.15, -0.1) is 0 Å². The molecule has 1 aliphatic carbocycles. The highest BCUT2D eigenvalue weighted by molar-refractivity contribution is 5.02. The molecule has 0 aromatic heterocycles. The summed E-state index contributed by atoms with van der Waals surface area (Å²) >= 11 is 0. The van der Waals surface area contributed by atoms with Crippen molar-refractivity contribution in [1.29, 1.82) is 0 Å². The molecule has 15 nitrogen and oxygen atoms in total. The van der Waals surface area contributed by atoms with Gasteiger partial charge in [0.15, 0.2) is 12.6 Å². The van der Waals surface area contributed by atoms with Crippen LogP contribution in [0.15, 0.2) is 0 Å². The predicted molar refractivity (Wildman–Crippen MR) is 121 cm³/mol. The third-order valence-electron chi connectivity index (χ3n) is 6.82. The van der Waals surface area contributed by atoms with Gasteiger partial charge in [0.2, 0.25) is 0 Å². The van der Waals surface area contributed by atoms with Crippen LogP contribution in [0.2, 0.25) is 0 Å². The quantitative estimate of drug-likeness (QED) is 0.138. The Kier molecular flexibility index (Phi) is 10.6. The minimum atomic E-state index is -1.41. The Morgan fingerprint density at radius 3 is 1.91 bits per heavy atom.